The van der Waals surface area contributed by atoms with E-state index < -0.39 is 24.0 Å². The van der Waals surface area contributed by atoms with Gasteiger partial charge in [0.2, 0.25) is 0 Å². The minimum atomic E-state index is -4.83. The van der Waals surface area contributed by atoms with Gasteiger partial charge in [0.25, 0.3) is 5.60 Å². The first kappa shape index (κ1) is 22.4. The molecule has 30 heavy (non-hydrogen) atoms. The Labute approximate surface area is 179 Å². The zero-order chi connectivity index (χ0) is 22.1. The molecule has 2 aromatic carbocycles. The maximum atomic E-state index is 14.1. The number of benzene rings is 2. The Morgan fingerprint density at radius 3 is 2.47 bits per heavy atom. The van der Waals surface area contributed by atoms with Crippen LogP contribution in [0.25, 0.3) is 0 Å². The number of alkyl halides is 3. The molecule has 1 aliphatic heterocycles. The first-order valence-electron chi connectivity index (χ1n) is 8.89. The second-order valence-corrected chi connectivity index (χ2v) is 7.60. The lowest BCUT2D eigenvalue weighted by molar-refractivity contribution is -0.275. The van der Waals surface area contributed by atoms with Gasteiger partial charge in [0.15, 0.2) is 5.78 Å². The van der Waals surface area contributed by atoms with E-state index in [1.165, 1.54) is 18.2 Å². The van der Waals surface area contributed by atoms with Gasteiger partial charge < -0.3 is 10.2 Å². The fourth-order valence-corrected chi connectivity index (χ4v) is 3.53. The van der Waals surface area contributed by atoms with Crippen LogP contribution in [0.1, 0.15) is 30.9 Å². The van der Waals surface area contributed by atoms with Gasteiger partial charge in [0, 0.05) is 34.0 Å². The lowest BCUT2D eigenvalue weighted by Crippen LogP contribution is -2.42. The number of nitrogens with one attached hydrogen (secondary N) is 1. The van der Waals surface area contributed by atoms with E-state index in [4.69, 9.17) is 28.0 Å². The predicted molar refractivity (Wildman–Crippen MR) is 107 cm³/mol. The lowest BCUT2D eigenvalue weighted by atomic mass is 9.86. The molecule has 0 saturated carbocycles. The van der Waals surface area contributed by atoms with Crippen LogP contribution in [0.4, 0.5) is 23.2 Å². The van der Waals surface area contributed by atoms with Gasteiger partial charge in [-0.1, -0.05) is 35.3 Å². The van der Waals surface area contributed by atoms with Gasteiger partial charge >= 0.3 is 6.18 Å². The Kier molecular flexibility index (Phi) is 6.29. The van der Waals surface area contributed by atoms with Crippen LogP contribution in [0.15, 0.2) is 41.6 Å². The second-order valence-electron chi connectivity index (χ2n) is 6.73. The summed E-state index contributed by atoms with van der Waals surface area (Å²) in [6.07, 6.45) is -5.22. The van der Waals surface area contributed by atoms with E-state index in [0.29, 0.717) is 0 Å². The first-order valence-corrected chi connectivity index (χ1v) is 9.65. The summed E-state index contributed by atoms with van der Waals surface area (Å²) in [6, 6.07) is 7.21. The quantitative estimate of drug-likeness (QED) is 0.527. The molecular weight excluding hydrogens is 447 g/mol. The van der Waals surface area contributed by atoms with Gasteiger partial charge in [-0.25, -0.2) is 4.39 Å². The molecule has 0 radical (unpaired) electrons. The topological polar surface area (TPSA) is 50.7 Å². The molecule has 1 unspecified atom stereocenters. The molecule has 1 atom stereocenters. The molecule has 0 bridgehead atoms. The molecule has 160 valence electrons. The second kappa shape index (κ2) is 8.43. The molecule has 0 aromatic heterocycles. The molecule has 0 saturated heterocycles. The van der Waals surface area contributed by atoms with E-state index in [0.717, 1.165) is 18.2 Å². The number of carbonyl (C=O) groups excluding carboxylic acids is 1. The monoisotopic (exact) mass is 462 g/mol. The van der Waals surface area contributed by atoms with Crippen molar-refractivity contribution in [3.63, 3.8) is 0 Å². The standard InChI is InChI=1S/C20H16Cl2F4N2O2/c1-2-15(29)10-27-17-5-11(3-4-16(17)23)18-9-19(30-28-18,20(24,25)26)12-6-13(21)8-14(22)7-12/h3-8,27H,2,9-10H2,1H3. The molecule has 0 spiro atoms. The highest BCUT2D eigenvalue weighted by Gasteiger charge is 2.62. The van der Waals surface area contributed by atoms with Gasteiger partial charge in [-0.05, 0) is 36.4 Å². The summed E-state index contributed by atoms with van der Waals surface area (Å²) in [4.78, 5) is 16.4. The van der Waals surface area contributed by atoms with Crippen molar-refractivity contribution in [3.8, 4) is 0 Å². The summed E-state index contributed by atoms with van der Waals surface area (Å²) < 4.78 is 56.2. The number of Topliss-reactive ketones (excluding diaryl/α,β-unsaturated/α-hetero) is 1. The van der Waals surface area contributed by atoms with Crippen molar-refractivity contribution >= 4 is 40.4 Å². The lowest BCUT2D eigenvalue weighted by Gasteiger charge is -2.29. The molecule has 1 aliphatic rings. The number of carbonyl (C=O) groups is 1. The van der Waals surface area contributed by atoms with Gasteiger partial charge in [0.05, 0.1) is 17.9 Å². The highest BCUT2D eigenvalue weighted by molar-refractivity contribution is 6.34. The van der Waals surface area contributed by atoms with Crippen molar-refractivity contribution in [1.29, 1.82) is 0 Å². The Morgan fingerprint density at radius 1 is 1.20 bits per heavy atom. The highest BCUT2D eigenvalue weighted by atomic mass is 35.5. The van der Waals surface area contributed by atoms with Gasteiger partial charge in [0.1, 0.15) is 5.82 Å². The summed E-state index contributed by atoms with van der Waals surface area (Å²) in [5.41, 5.74) is -2.90. The fourth-order valence-electron chi connectivity index (χ4n) is 3.00. The number of oxime groups is 1. The summed E-state index contributed by atoms with van der Waals surface area (Å²) in [5, 5.41) is 6.33. The summed E-state index contributed by atoms with van der Waals surface area (Å²) >= 11 is 11.8. The first-order chi connectivity index (χ1) is 14.1. The molecule has 10 heteroatoms. The summed E-state index contributed by atoms with van der Waals surface area (Å²) in [7, 11) is 0. The van der Waals surface area contributed by atoms with E-state index >= 15 is 0 Å². The van der Waals surface area contributed by atoms with Crippen LogP contribution in [0.5, 0.6) is 0 Å². The van der Waals surface area contributed by atoms with Crippen molar-refractivity contribution < 1.29 is 27.2 Å². The van der Waals surface area contributed by atoms with Crippen LogP contribution in [-0.4, -0.2) is 24.2 Å². The third kappa shape index (κ3) is 4.39. The number of nitrogens with zero attached hydrogens (tertiary/aromatic N) is 1. The molecule has 1 N–H and O–H groups in total. The molecule has 2 aromatic rings. The van der Waals surface area contributed by atoms with Crippen LogP contribution >= 0.6 is 23.2 Å². The zero-order valence-electron chi connectivity index (χ0n) is 15.6. The smallest absolute Gasteiger partial charge is 0.376 e. The van der Waals surface area contributed by atoms with E-state index in [9.17, 15) is 22.4 Å². The molecule has 0 amide bonds. The zero-order valence-corrected chi connectivity index (χ0v) is 17.1. The highest BCUT2D eigenvalue weighted by Crippen LogP contribution is 2.49. The molecule has 0 fully saturated rings. The number of hydrogen-bond acceptors (Lipinski definition) is 4. The molecule has 4 nitrogen and oxygen atoms in total. The fraction of sp³-hybridized carbons (Fsp3) is 0.300. The average molecular weight is 463 g/mol. The molecule has 3 rings (SSSR count). The van der Waals surface area contributed by atoms with Gasteiger partial charge in [-0.2, -0.15) is 13.2 Å². The third-order valence-electron chi connectivity index (χ3n) is 4.68. The van der Waals surface area contributed by atoms with E-state index in [-0.39, 0.29) is 51.3 Å². The Hall–Kier alpha value is -2.32. The van der Waals surface area contributed by atoms with E-state index in [1.54, 1.807) is 6.92 Å². The van der Waals surface area contributed by atoms with Crippen LogP contribution in [0.3, 0.4) is 0 Å². The predicted octanol–water partition coefficient (Wildman–Crippen LogP) is 6.11. The normalized spacial score (nSPS) is 18.7. The van der Waals surface area contributed by atoms with E-state index in [1.807, 2.05) is 0 Å². The molecular formula is C20H16Cl2F4N2O2. The van der Waals surface area contributed by atoms with Crippen LogP contribution in [-0.2, 0) is 15.2 Å². The Balaban J connectivity index is 1.94. The van der Waals surface area contributed by atoms with Crippen LogP contribution < -0.4 is 5.32 Å². The number of anilines is 1. The number of ketones is 1. The average Bonchev–Trinajstić information content (AvgIpc) is 3.13. The molecule has 0 aliphatic carbocycles. The largest absolute Gasteiger partial charge is 0.435 e. The number of hydrogen-bond donors (Lipinski definition) is 1. The van der Waals surface area contributed by atoms with Crippen molar-refractivity contribution in [3.05, 3.63) is 63.4 Å². The van der Waals surface area contributed by atoms with Crippen molar-refractivity contribution in [1.82, 2.24) is 0 Å². The Bertz CT molecular complexity index is 991. The summed E-state index contributed by atoms with van der Waals surface area (Å²) in [5.74, 6) is -0.791. The van der Waals surface area contributed by atoms with Crippen LogP contribution in [0.2, 0.25) is 10.0 Å². The van der Waals surface area contributed by atoms with Gasteiger partial charge in [-0.3, -0.25) is 4.79 Å². The van der Waals surface area contributed by atoms with E-state index in [2.05, 4.69) is 10.5 Å². The van der Waals surface area contributed by atoms with Gasteiger partial charge in [-0.15, -0.1) is 0 Å². The molecule has 1 heterocycles. The van der Waals surface area contributed by atoms with Crippen molar-refractivity contribution in [2.75, 3.05) is 11.9 Å². The van der Waals surface area contributed by atoms with Crippen molar-refractivity contribution in [2.24, 2.45) is 5.16 Å². The number of halogens is 6. The minimum Gasteiger partial charge on any atom is -0.376 e. The minimum absolute atomic E-state index is 0.0204. The SMILES string of the molecule is CCC(=O)CNc1cc(C2=NOC(c3cc(Cl)cc(Cl)c3)(C(F)(F)F)C2)ccc1F. The maximum Gasteiger partial charge on any atom is 0.435 e. The van der Waals surface area contributed by atoms with Crippen LogP contribution in [0, 0.1) is 5.82 Å². The third-order valence-corrected chi connectivity index (χ3v) is 5.12. The maximum absolute atomic E-state index is 14.1. The Morgan fingerprint density at radius 2 is 1.87 bits per heavy atom. The number of rotatable bonds is 6. The summed E-state index contributed by atoms with van der Waals surface area (Å²) in [6.45, 7) is 1.56. The van der Waals surface area contributed by atoms with Crippen molar-refractivity contribution in [2.45, 2.75) is 31.5 Å².